The zero-order valence-electron chi connectivity index (χ0n) is 15.9. The molecule has 2 aliphatic heterocycles. The third-order valence-corrected chi connectivity index (χ3v) is 5.83. The van der Waals surface area contributed by atoms with E-state index in [0.717, 1.165) is 30.9 Å². The van der Waals surface area contributed by atoms with E-state index >= 15 is 0 Å². The van der Waals surface area contributed by atoms with Gasteiger partial charge in [-0.3, -0.25) is 14.5 Å². The average Bonchev–Trinajstić information content (AvgIpc) is 2.64. The molecule has 6 heteroatoms. The van der Waals surface area contributed by atoms with Crippen LogP contribution in [0.25, 0.3) is 11.1 Å². The van der Waals surface area contributed by atoms with Crippen molar-refractivity contribution in [3.8, 4) is 11.1 Å². The number of hydrogen-bond acceptors (Lipinski definition) is 4. The Morgan fingerprint density at radius 3 is 2.81 bits per heavy atom. The van der Waals surface area contributed by atoms with Crippen molar-refractivity contribution in [2.24, 2.45) is 0 Å². The number of aryl methyl sites for hydroxylation is 1. The fraction of sp³-hybridized carbons (Fsp3) is 0.476. The summed E-state index contributed by atoms with van der Waals surface area (Å²) >= 11 is 0. The van der Waals surface area contributed by atoms with Gasteiger partial charge in [-0.2, -0.15) is 5.10 Å². The number of nitrogens with zero attached hydrogens (tertiary/aromatic N) is 3. The zero-order chi connectivity index (χ0) is 19.0. The Hall–Kier alpha value is -2.47. The van der Waals surface area contributed by atoms with E-state index in [9.17, 15) is 9.59 Å². The molecule has 3 heterocycles. The summed E-state index contributed by atoms with van der Waals surface area (Å²) in [5.41, 5.74) is 2.41. The van der Waals surface area contributed by atoms with Gasteiger partial charge in [-0.15, -0.1) is 0 Å². The molecule has 0 bridgehead atoms. The largest absolute Gasteiger partial charge is 0.335 e. The fourth-order valence-electron chi connectivity index (χ4n) is 4.22. The number of nitrogens with one attached hydrogen (secondary N) is 1. The van der Waals surface area contributed by atoms with Crippen molar-refractivity contribution in [1.82, 2.24) is 20.0 Å². The highest BCUT2D eigenvalue weighted by Crippen LogP contribution is 2.26. The SMILES string of the molecule is Cc1cc(-c2cccc(C(=O)N3CC(N4CCCC[C@@H]4C)C3)c2)c(=O)[nH]n1. The summed E-state index contributed by atoms with van der Waals surface area (Å²) < 4.78 is 0. The maximum Gasteiger partial charge on any atom is 0.272 e. The predicted octanol–water partition coefficient (Wildman–Crippen LogP) is 2.44. The second kappa shape index (κ2) is 7.27. The highest BCUT2D eigenvalue weighted by Gasteiger charge is 2.37. The molecule has 1 N–H and O–H groups in total. The van der Waals surface area contributed by atoms with Gasteiger partial charge in [-0.1, -0.05) is 18.6 Å². The monoisotopic (exact) mass is 366 g/mol. The molecular formula is C21H26N4O2. The van der Waals surface area contributed by atoms with E-state index < -0.39 is 0 Å². The van der Waals surface area contributed by atoms with Crippen LogP contribution in [0.1, 0.15) is 42.2 Å². The van der Waals surface area contributed by atoms with Gasteiger partial charge in [0.2, 0.25) is 0 Å². The minimum Gasteiger partial charge on any atom is -0.335 e. The molecule has 2 aliphatic rings. The van der Waals surface area contributed by atoms with E-state index in [2.05, 4.69) is 22.0 Å². The predicted molar refractivity (Wildman–Crippen MR) is 105 cm³/mol. The molecule has 2 fully saturated rings. The summed E-state index contributed by atoms with van der Waals surface area (Å²) in [5.74, 6) is 0.0416. The first kappa shape index (κ1) is 17.9. The van der Waals surface area contributed by atoms with Crippen LogP contribution in [0.2, 0.25) is 0 Å². The molecule has 1 atom stereocenters. The number of H-pyrrole nitrogens is 1. The van der Waals surface area contributed by atoms with Crippen molar-refractivity contribution in [1.29, 1.82) is 0 Å². The van der Waals surface area contributed by atoms with Crippen LogP contribution in [0, 0.1) is 6.92 Å². The number of hydrogen-bond donors (Lipinski definition) is 1. The molecule has 2 aromatic rings. The maximum absolute atomic E-state index is 12.9. The first-order valence-electron chi connectivity index (χ1n) is 9.74. The van der Waals surface area contributed by atoms with Crippen molar-refractivity contribution in [2.45, 2.75) is 45.2 Å². The first-order chi connectivity index (χ1) is 13.0. The Kier molecular flexibility index (Phi) is 4.83. The van der Waals surface area contributed by atoms with Gasteiger partial charge in [-0.05, 0) is 57.0 Å². The van der Waals surface area contributed by atoms with Gasteiger partial charge in [0.05, 0.1) is 11.3 Å². The second-order valence-corrected chi connectivity index (χ2v) is 7.78. The van der Waals surface area contributed by atoms with E-state index in [0.29, 0.717) is 23.2 Å². The number of piperidine rings is 1. The average molecular weight is 366 g/mol. The minimum atomic E-state index is -0.242. The Balaban J connectivity index is 1.47. The lowest BCUT2D eigenvalue weighted by Crippen LogP contribution is -2.63. The van der Waals surface area contributed by atoms with Crippen molar-refractivity contribution in [3.05, 3.63) is 51.9 Å². The van der Waals surface area contributed by atoms with E-state index in [1.54, 1.807) is 6.07 Å². The van der Waals surface area contributed by atoms with Crippen LogP contribution < -0.4 is 5.56 Å². The smallest absolute Gasteiger partial charge is 0.272 e. The number of carbonyl (C=O) groups is 1. The number of rotatable bonds is 3. The fourth-order valence-corrected chi connectivity index (χ4v) is 4.22. The van der Waals surface area contributed by atoms with Crippen LogP contribution in [0.4, 0.5) is 0 Å². The molecule has 27 heavy (non-hydrogen) atoms. The summed E-state index contributed by atoms with van der Waals surface area (Å²) in [6, 6.07) is 10.2. The van der Waals surface area contributed by atoms with Crippen LogP contribution in [0.5, 0.6) is 0 Å². The van der Waals surface area contributed by atoms with Crippen LogP contribution >= 0.6 is 0 Å². The molecule has 6 nitrogen and oxygen atoms in total. The molecule has 0 radical (unpaired) electrons. The van der Waals surface area contributed by atoms with Crippen LogP contribution in [0.3, 0.4) is 0 Å². The summed E-state index contributed by atoms with van der Waals surface area (Å²) in [4.78, 5) is 29.4. The van der Waals surface area contributed by atoms with E-state index in [4.69, 9.17) is 0 Å². The van der Waals surface area contributed by atoms with Gasteiger partial charge in [0.1, 0.15) is 0 Å². The lowest BCUT2D eigenvalue weighted by atomic mass is 9.96. The maximum atomic E-state index is 12.9. The third-order valence-electron chi connectivity index (χ3n) is 5.83. The lowest BCUT2D eigenvalue weighted by molar-refractivity contribution is 0.00213. The molecule has 0 aliphatic carbocycles. The molecule has 142 valence electrons. The Morgan fingerprint density at radius 1 is 1.22 bits per heavy atom. The highest BCUT2D eigenvalue weighted by molar-refractivity contribution is 5.96. The summed E-state index contributed by atoms with van der Waals surface area (Å²) in [7, 11) is 0. The van der Waals surface area contributed by atoms with Gasteiger partial charge in [0, 0.05) is 30.7 Å². The normalized spacial score (nSPS) is 21.1. The van der Waals surface area contributed by atoms with E-state index in [1.807, 2.05) is 36.1 Å². The van der Waals surface area contributed by atoms with E-state index in [-0.39, 0.29) is 11.5 Å². The number of aromatic nitrogens is 2. The van der Waals surface area contributed by atoms with Gasteiger partial charge in [-0.25, -0.2) is 5.10 Å². The van der Waals surface area contributed by atoms with Gasteiger partial charge in [0.15, 0.2) is 0 Å². The Labute approximate surface area is 159 Å². The molecular weight excluding hydrogens is 340 g/mol. The molecule has 2 saturated heterocycles. The number of aromatic amines is 1. The minimum absolute atomic E-state index is 0.0416. The molecule has 0 spiro atoms. The van der Waals surface area contributed by atoms with Crippen LogP contribution in [-0.4, -0.2) is 57.6 Å². The van der Waals surface area contributed by atoms with E-state index in [1.165, 1.54) is 19.3 Å². The molecule has 4 rings (SSSR count). The zero-order valence-corrected chi connectivity index (χ0v) is 15.9. The topological polar surface area (TPSA) is 69.3 Å². The molecule has 0 unspecified atom stereocenters. The quantitative estimate of drug-likeness (QED) is 0.906. The number of amides is 1. The molecule has 1 aromatic heterocycles. The number of carbonyl (C=O) groups excluding carboxylic acids is 1. The first-order valence-corrected chi connectivity index (χ1v) is 9.74. The number of benzene rings is 1. The number of likely N-dealkylation sites (tertiary alicyclic amines) is 2. The molecule has 1 aromatic carbocycles. The van der Waals surface area contributed by atoms with Crippen molar-refractivity contribution < 1.29 is 4.79 Å². The van der Waals surface area contributed by atoms with Crippen molar-refractivity contribution in [3.63, 3.8) is 0 Å². The van der Waals surface area contributed by atoms with Gasteiger partial charge in [0.25, 0.3) is 11.5 Å². The van der Waals surface area contributed by atoms with Crippen molar-refractivity contribution >= 4 is 5.91 Å². The van der Waals surface area contributed by atoms with Gasteiger partial charge >= 0.3 is 0 Å². The molecule has 1 amide bonds. The Bertz CT molecular complexity index is 901. The third kappa shape index (κ3) is 3.54. The lowest BCUT2D eigenvalue weighted by Gasteiger charge is -2.49. The molecule has 0 saturated carbocycles. The highest BCUT2D eigenvalue weighted by atomic mass is 16.2. The summed E-state index contributed by atoms with van der Waals surface area (Å²) in [5, 5.41) is 6.41. The van der Waals surface area contributed by atoms with Crippen LogP contribution in [0.15, 0.2) is 35.1 Å². The summed E-state index contributed by atoms with van der Waals surface area (Å²) in [6.45, 7) is 6.86. The summed E-state index contributed by atoms with van der Waals surface area (Å²) in [6.07, 6.45) is 3.83. The standard InChI is InChI=1S/C21H26N4O2/c1-14-10-19(20(26)23-22-14)16-7-5-8-17(11-16)21(27)24-12-18(13-24)25-9-4-3-6-15(25)2/h5,7-8,10-11,15,18H,3-4,6,9,12-13H2,1-2H3,(H,23,26)/t15-/m0/s1. The van der Waals surface area contributed by atoms with Gasteiger partial charge < -0.3 is 4.90 Å². The van der Waals surface area contributed by atoms with Crippen LogP contribution in [-0.2, 0) is 0 Å². The Morgan fingerprint density at radius 2 is 2.04 bits per heavy atom. The van der Waals surface area contributed by atoms with Crippen molar-refractivity contribution in [2.75, 3.05) is 19.6 Å². The second-order valence-electron chi connectivity index (χ2n) is 7.78.